The van der Waals surface area contributed by atoms with Crippen molar-refractivity contribution in [1.82, 2.24) is 0 Å². The lowest BCUT2D eigenvalue weighted by atomic mass is 9.84. The van der Waals surface area contributed by atoms with Gasteiger partial charge in [-0.2, -0.15) is 0 Å². The molecule has 94 valence electrons. The Labute approximate surface area is 103 Å². The van der Waals surface area contributed by atoms with Gasteiger partial charge in [0.25, 0.3) is 0 Å². The van der Waals surface area contributed by atoms with Gasteiger partial charge in [0, 0.05) is 0 Å². The Hall–Kier alpha value is -0.890. The Kier molecular flexibility index (Phi) is 4.55. The van der Waals surface area contributed by atoms with E-state index >= 15 is 0 Å². The Morgan fingerprint density at radius 2 is 1.71 bits per heavy atom. The van der Waals surface area contributed by atoms with Crippen LogP contribution in [-0.4, -0.2) is 5.11 Å². The molecule has 1 atom stereocenters. The molecule has 0 heterocycles. The molecule has 1 aliphatic rings. The van der Waals surface area contributed by atoms with Crippen LogP contribution in [0.15, 0.2) is 24.3 Å². The molecule has 0 aromatic heterocycles. The summed E-state index contributed by atoms with van der Waals surface area (Å²) in [5, 5.41) is 10.3. The predicted molar refractivity (Wildman–Crippen MR) is 67.2 cm³/mol. The molecule has 1 unspecified atom stereocenters. The van der Waals surface area contributed by atoms with E-state index in [1.165, 1.54) is 44.2 Å². The second-order valence-electron chi connectivity index (χ2n) is 5.11. The second kappa shape index (κ2) is 6.15. The van der Waals surface area contributed by atoms with Crippen molar-refractivity contribution < 1.29 is 9.50 Å². The van der Waals surface area contributed by atoms with Gasteiger partial charge in [0.1, 0.15) is 5.82 Å². The van der Waals surface area contributed by atoms with Crippen molar-refractivity contribution in [3.05, 3.63) is 35.6 Å². The Bertz CT molecular complexity index is 343. The lowest BCUT2D eigenvalue weighted by molar-refractivity contribution is 0.0910. The van der Waals surface area contributed by atoms with E-state index in [0.29, 0.717) is 5.92 Å². The maximum atomic E-state index is 13.1. The van der Waals surface area contributed by atoms with Gasteiger partial charge in [-0.3, -0.25) is 0 Å². The van der Waals surface area contributed by atoms with Gasteiger partial charge in [0.15, 0.2) is 0 Å². The Morgan fingerprint density at radius 3 is 2.35 bits per heavy atom. The van der Waals surface area contributed by atoms with E-state index in [2.05, 4.69) is 0 Å². The first-order valence-electron chi connectivity index (χ1n) is 6.71. The second-order valence-corrected chi connectivity index (χ2v) is 5.11. The average Bonchev–Trinajstić information content (AvgIpc) is 2.28. The smallest absolute Gasteiger partial charge is 0.123 e. The first-order chi connectivity index (χ1) is 8.27. The van der Waals surface area contributed by atoms with Gasteiger partial charge in [-0.05, 0) is 36.5 Å². The van der Waals surface area contributed by atoms with Gasteiger partial charge < -0.3 is 5.11 Å². The van der Waals surface area contributed by atoms with Gasteiger partial charge in [0.2, 0.25) is 0 Å². The summed E-state index contributed by atoms with van der Waals surface area (Å²) in [6, 6.07) is 6.39. The van der Waals surface area contributed by atoms with E-state index < -0.39 is 6.10 Å². The molecule has 17 heavy (non-hydrogen) atoms. The molecule has 2 rings (SSSR count). The zero-order valence-corrected chi connectivity index (χ0v) is 10.2. The summed E-state index contributed by atoms with van der Waals surface area (Å²) in [6.07, 6.45) is 7.88. The Morgan fingerprint density at radius 1 is 1.06 bits per heavy atom. The third-order valence-corrected chi connectivity index (χ3v) is 3.79. The lowest BCUT2D eigenvalue weighted by Crippen LogP contribution is -2.14. The molecule has 1 aliphatic carbocycles. The van der Waals surface area contributed by atoms with E-state index in [1.54, 1.807) is 6.07 Å². The number of aliphatic hydroxyl groups is 1. The minimum absolute atomic E-state index is 0.257. The van der Waals surface area contributed by atoms with E-state index in [1.807, 2.05) is 6.07 Å². The summed E-state index contributed by atoms with van der Waals surface area (Å²) in [5.74, 6) is 0.0458. The minimum Gasteiger partial charge on any atom is -0.388 e. The molecule has 0 amide bonds. The first kappa shape index (κ1) is 12.6. The molecule has 0 spiro atoms. The molecule has 1 fully saturated rings. The van der Waals surface area contributed by atoms with Crippen LogP contribution in [-0.2, 0) is 0 Å². The predicted octanol–water partition coefficient (Wildman–Crippen LogP) is 4.22. The standard InChI is InChI=1S/C15H21FO/c16-14-10-6-9-13(11-14)15(17)12-7-4-2-1-3-5-8-12/h6,9-12,15,17H,1-5,7-8H2. The van der Waals surface area contributed by atoms with E-state index in [4.69, 9.17) is 0 Å². The zero-order valence-electron chi connectivity index (χ0n) is 10.2. The first-order valence-corrected chi connectivity index (χ1v) is 6.71. The summed E-state index contributed by atoms with van der Waals surface area (Å²) < 4.78 is 13.1. The van der Waals surface area contributed by atoms with Crippen LogP contribution in [0.2, 0.25) is 0 Å². The topological polar surface area (TPSA) is 20.2 Å². The molecule has 2 heteroatoms. The maximum absolute atomic E-state index is 13.1. The number of halogens is 1. The van der Waals surface area contributed by atoms with Gasteiger partial charge in [-0.15, -0.1) is 0 Å². The van der Waals surface area contributed by atoms with Crippen molar-refractivity contribution in [1.29, 1.82) is 0 Å². The van der Waals surface area contributed by atoms with Crippen LogP contribution in [0.4, 0.5) is 4.39 Å². The molecule has 1 aromatic carbocycles. The largest absolute Gasteiger partial charge is 0.388 e. The molecule has 1 aromatic rings. The minimum atomic E-state index is -0.496. The van der Waals surface area contributed by atoms with Gasteiger partial charge in [-0.1, -0.05) is 44.2 Å². The summed E-state index contributed by atoms with van der Waals surface area (Å²) in [6.45, 7) is 0. The highest BCUT2D eigenvalue weighted by Gasteiger charge is 2.21. The molecule has 1 saturated carbocycles. The fourth-order valence-electron chi connectivity index (χ4n) is 2.77. The van der Waals surface area contributed by atoms with Crippen LogP contribution in [0.5, 0.6) is 0 Å². The van der Waals surface area contributed by atoms with Crippen molar-refractivity contribution >= 4 is 0 Å². The molecule has 0 saturated heterocycles. The fourth-order valence-corrected chi connectivity index (χ4v) is 2.77. The summed E-state index contributed by atoms with van der Waals surface area (Å²) in [7, 11) is 0. The van der Waals surface area contributed by atoms with E-state index in [9.17, 15) is 9.50 Å². The Balaban J connectivity index is 2.04. The number of benzene rings is 1. The molecular weight excluding hydrogens is 215 g/mol. The van der Waals surface area contributed by atoms with Gasteiger partial charge in [0.05, 0.1) is 6.10 Å². The molecule has 0 bridgehead atoms. The molecule has 0 aliphatic heterocycles. The molecule has 1 nitrogen and oxygen atoms in total. The summed E-state index contributed by atoms with van der Waals surface area (Å²) >= 11 is 0. The third-order valence-electron chi connectivity index (χ3n) is 3.79. The summed E-state index contributed by atoms with van der Waals surface area (Å²) in [4.78, 5) is 0. The normalized spacial score (nSPS) is 20.6. The van der Waals surface area contributed by atoms with Crippen molar-refractivity contribution in [3.63, 3.8) is 0 Å². The number of hydrogen-bond donors (Lipinski definition) is 1. The van der Waals surface area contributed by atoms with Crippen molar-refractivity contribution in [3.8, 4) is 0 Å². The third kappa shape index (κ3) is 3.53. The average molecular weight is 236 g/mol. The van der Waals surface area contributed by atoms with Crippen LogP contribution in [0.25, 0.3) is 0 Å². The van der Waals surface area contributed by atoms with Crippen LogP contribution >= 0.6 is 0 Å². The van der Waals surface area contributed by atoms with E-state index in [0.717, 1.165) is 18.4 Å². The number of aliphatic hydroxyl groups excluding tert-OH is 1. The highest BCUT2D eigenvalue weighted by atomic mass is 19.1. The van der Waals surface area contributed by atoms with Crippen LogP contribution in [0.1, 0.15) is 56.6 Å². The molecule has 1 N–H and O–H groups in total. The lowest BCUT2D eigenvalue weighted by Gasteiger charge is -2.25. The van der Waals surface area contributed by atoms with Crippen molar-refractivity contribution in [2.45, 2.75) is 51.0 Å². The van der Waals surface area contributed by atoms with Crippen LogP contribution in [0, 0.1) is 11.7 Å². The van der Waals surface area contributed by atoms with Gasteiger partial charge >= 0.3 is 0 Å². The van der Waals surface area contributed by atoms with Crippen LogP contribution < -0.4 is 0 Å². The highest BCUT2D eigenvalue weighted by Crippen LogP contribution is 2.32. The van der Waals surface area contributed by atoms with E-state index in [-0.39, 0.29) is 5.82 Å². The van der Waals surface area contributed by atoms with Crippen molar-refractivity contribution in [2.75, 3.05) is 0 Å². The summed E-state index contributed by atoms with van der Waals surface area (Å²) in [5.41, 5.74) is 0.732. The zero-order chi connectivity index (χ0) is 12.1. The molecular formula is C15H21FO. The maximum Gasteiger partial charge on any atom is 0.123 e. The monoisotopic (exact) mass is 236 g/mol. The number of rotatable bonds is 2. The van der Waals surface area contributed by atoms with Crippen molar-refractivity contribution in [2.24, 2.45) is 5.92 Å². The SMILES string of the molecule is OC(c1cccc(F)c1)C1CCCCCCC1. The van der Waals surface area contributed by atoms with Crippen LogP contribution in [0.3, 0.4) is 0 Å². The molecule has 0 radical (unpaired) electrons. The quantitative estimate of drug-likeness (QED) is 0.815. The fraction of sp³-hybridized carbons (Fsp3) is 0.600. The van der Waals surface area contributed by atoms with Gasteiger partial charge in [-0.25, -0.2) is 4.39 Å². The highest BCUT2D eigenvalue weighted by molar-refractivity contribution is 5.19. The number of hydrogen-bond acceptors (Lipinski definition) is 1.